The minimum absolute atomic E-state index is 0.0167. The normalized spacial score (nSPS) is 11.1. The molecule has 0 unspecified atom stereocenters. The Bertz CT molecular complexity index is 1460. The van der Waals surface area contributed by atoms with Crippen LogP contribution in [0.15, 0.2) is 61.2 Å². The van der Waals surface area contributed by atoms with Gasteiger partial charge in [-0.1, -0.05) is 30.3 Å². The highest BCUT2D eigenvalue weighted by atomic mass is 19.1. The number of nitrogens with one attached hydrogen (secondary N) is 1. The quantitative estimate of drug-likeness (QED) is 0.471. The molecule has 0 bridgehead atoms. The van der Waals surface area contributed by atoms with E-state index >= 15 is 0 Å². The molecule has 10 heteroatoms. The van der Waals surface area contributed by atoms with Gasteiger partial charge in [0.25, 0.3) is 5.91 Å². The second-order valence-electron chi connectivity index (χ2n) is 7.17. The van der Waals surface area contributed by atoms with E-state index in [2.05, 4.69) is 30.5 Å². The van der Waals surface area contributed by atoms with Gasteiger partial charge in [0.2, 0.25) is 0 Å². The van der Waals surface area contributed by atoms with Crippen molar-refractivity contribution in [2.75, 3.05) is 5.32 Å². The Morgan fingerprint density at radius 1 is 1.09 bits per heavy atom. The fourth-order valence-corrected chi connectivity index (χ4v) is 3.38. The van der Waals surface area contributed by atoms with Gasteiger partial charge in [-0.25, -0.2) is 18.9 Å². The summed E-state index contributed by atoms with van der Waals surface area (Å²) in [5, 5.41) is 11.1. The summed E-state index contributed by atoms with van der Waals surface area (Å²) in [6.07, 6.45) is 5.88. The molecule has 0 spiro atoms. The lowest BCUT2D eigenvalue weighted by Gasteiger charge is -2.09. The van der Waals surface area contributed by atoms with Crippen molar-refractivity contribution < 1.29 is 9.18 Å². The molecule has 0 aliphatic carbocycles. The molecule has 0 saturated carbocycles. The lowest BCUT2D eigenvalue weighted by atomic mass is 10.1. The Balaban J connectivity index is 1.49. The molecule has 32 heavy (non-hydrogen) atoms. The van der Waals surface area contributed by atoms with Gasteiger partial charge in [0.05, 0.1) is 41.2 Å². The van der Waals surface area contributed by atoms with Crippen molar-refractivity contribution >= 4 is 17.2 Å². The second kappa shape index (κ2) is 7.65. The molecule has 1 N–H and O–H groups in total. The van der Waals surface area contributed by atoms with Gasteiger partial charge < -0.3 is 5.32 Å². The first-order chi connectivity index (χ1) is 15.5. The molecule has 4 aromatic heterocycles. The zero-order valence-corrected chi connectivity index (χ0v) is 17.2. The summed E-state index contributed by atoms with van der Waals surface area (Å²) < 4.78 is 17.5. The number of fused-ring (bicyclic) bond motifs is 1. The fraction of sp³-hybridized carbons (Fsp3) is 0.0909. The average molecular weight is 428 g/mol. The van der Waals surface area contributed by atoms with E-state index in [1.54, 1.807) is 26.4 Å². The SMILES string of the molecule is Cc1cncc(-c2cnn(C)c2C(=O)Nc2cc3nc(-c4ccccc4)nn3cc2F)n1. The molecule has 9 nitrogen and oxygen atoms in total. The number of benzene rings is 1. The maximum absolute atomic E-state index is 14.8. The van der Waals surface area contributed by atoms with Gasteiger partial charge in [0.1, 0.15) is 5.69 Å². The number of halogens is 1. The first-order valence-corrected chi connectivity index (χ1v) is 9.73. The van der Waals surface area contributed by atoms with E-state index in [0.29, 0.717) is 28.4 Å². The summed E-state index contributed by atoms with van der Waals surface area (Å²) in [7, 11) is 1.63. The summed E-state index contributed by atoms with van der Waals surface area (Å²) in [5.41, 5.74) is 3.12. The Hall–Kier alpha value is -4.47. The van der Waals surface area contributed by atoms with Crippen LogP contribution in [0.1, 0.15) is 16.2 Å². The van der Waals surface area contributed by atoms with Gasteiger partial charge in [-0.3, -0.25) is 14.5 Å². The maximum atomic E-state index is 14.8. The van der Waals surface area contributed by atoms with E-state index in [1.807, 2.05) is 30.3 Å². The summed E-state index contributed by atoms with van der Waals surface area (Å²) in [4.78, 5) is 26.0. The third kappa shape index (κ3) is 3.47. The van der Waals surface area contributed by atoms with Crippen LogP contribution in [0.5, 0.6) is 0 Å². The predicted octanol–water partition coefficient (Wildman–Crippen LogP) is 3.29. The number of anilines is 1. The first-order valence-electron chi connectivity index (χ1n) is 9.73. The molecular formula is C22H17FN8O. The molecule has 0 atom stereocenters. The predicted molar refractivity (Wildman–Crippen MR) is 115 cm³/mol. The highest BCUT2D eigenvalue weighted by molar-refractivity contribution is 6.07. The monoisotopic (exact) mass is 428 g/mol. The molecule has 0 saturated heterocycles. The smallest absolute Gasteiger partial charge is 0.274 e. The molecule has 1 amide bonds. The summed E-state index contributed by atoms with van der Waals surface area (Å²) in [6.45, 7) is 1.81. The van der Waals surface area contributed by atoms with Crippen LogP contribution in [0, 0.1) is 12.7 Å². The van der Waals surface area contributed by atoms with Crippen molar-refractivity contribution in [3.8, 4) is 22.6 Å². The lowest BCUT2D eigenvalue weighted by Crippen LogP contribution is -2.18. The Labute approximate surface area is 181 Å². The number of carbonyl (C=O) groups is 1. The molecule has 0 aliphatic rings. The van der Waals surface area contributed by atoms with Gasteiger partial charge in [0.15, 0.2) is 17.3 Å². The third-order valence-corrected chi connectivity index (χ3v) is 4.89. The van der Waals surface area contributed by atoms with Crippen LogP contribution in [0.4, 0.5) is 10.1 Å². The summed E-state index contributed by atoms with van der Waals surface area (Å²) in [6, 6.07) is 10.8. The number of nitrogens with zero attached hydrogens (tertiary/aromatic N) is 7. The van der Waals surface area contributed by atoms with Gasteiger partial charge >= 0.3 is 0 Å². The van der Waals surface area contributed by atoms with Crippen LogP contribution in [0.25, 0.3) is 28.3 Å². The Morgan fingerprint density at radius 2 is 1.91 bits per heavy atom. The van der Waals surface area contributed by atoms with Crippen molar-refractivity contribution in [1.29, 1.82) is 0 Å². The van der Waals surface area contributed by atoms with Gasteiger partial charge in [-0.15, -0.1) is 5.10 Å². The number of amides is 1. The number of hydrogen-bond acceptors (Lipinski definition) is 6. The Morgan fingerprint density at radius 3 is 2.69 bits per heavy atom. The number of aryl methyl sites for hydroxylation is 2. The van der Waals surface area contributed by atoms with Gasteiger partial charge in [0, 0.05) is 24.9 Å². The van der Waals surface area contributed by atoms with Crippen molar-refractivity contribution in [3.63, 3.8) is 0 Å². The first kappa shape index (κ1) is 19.5. The van der Waals surface area contributed by atoms with Crippen LogP contribution in [0.2, 0.25) is 0 Å². The third-order valence-electron chi connectivity index (χ3n) is 4.89. The van der Waals surface area contributed by atoms with E-state index < -0.39 is 11.7 Å². The highest BCUT2D eigenvalue weighted by Crippen LogP contribution is 2.24. The van der Waals surface area contributed by atoms with Gasteiger partial charge in [-0.05, 0) is 6.92 Å². The summed E-state index contributed by atoms with van der Waals surface area (Å²) >= 11 is 0. The number of hydrogen-bond donors (Lipinski definition) is 1. The lowest BCUT2D eigenvalue weighted by molar-refractivity contribution is 0.101. The van der Waals surface area contributed by atoms with E-state index in [-0.39, 0.29) is 11.4 Å². The Kier molecular flexibility index (Phi) is 4.66. The molecule has 5 rings (SSSR count). The molecule has 0 aliphatic heterocycles. The molecule has 1 aromatic carbocycles. The van der Waals surface area contributed by atoms with Crippen LogP contribution in [-0.4, -0.2) is 40.3 Å². The second-order valence-corrected chi connectivity index (χ2v) is 7.17. The minimum atomic E-state index is -0.644. The molecule has 0 radical (unpaired) electrons. The topological polar surface area (TPSA) is 103 Å². The van der Waals surface area contributed by atoms with Crippen molar-refractivity contribution in [2.24, 2.45) is 7.05 Å². The van der Waals surface area contributed by atoms with E-state index in [4.69, 9.17) is 0 Å². The molecular weight excluding hydrogens is 411 g/mol. The number of rotatable bonds is 4. The highest BCUT2D eigenvalue weighted by Gasteiger charge is 2.21. The molecule has 5 aromatic rings. The number of pyridine rings is 1. The van der Waals surface area contributed by atoms with Crippen LogP contribution in [-0.2, 0) is 7.05 Å². The van der Waals surface area contributed by atoms with Crippen LogP contribution < -0.4 is 5.32 Å². The van der Waals surface area contributed by atoms with E-state index in [1.165, 1.54) is 27.7 Å². The standard InChI is InChI=1S/C22H17FN8O/c1-13-9-24-11-18(26-13)15-10-25-30(2)20(15)22(32)27-17-8-19-28-21(14-6-4-3-5-7-14)29-31(19)12-16(17)23/h3-12H,1-2H3,(H,27,32). The van der Waals surface area contributed by atoms with Crippen molar-refractivity contribution in [1.82, 2.24) is 34.3 Å². The minimum Gasteiger partial charge on any atom is -0.318 e. The number of carbonyl (C=O) groups excluding carboxylic acids is 1. The van der Waals surface area contributed by atoms with E-state index in [9.17, 15) is 9.18 Å². The fourth-order valence-electron chi connectivity index (χ4n) is 3.38. The largest absolute Gasteiger partial charge is 0.318 e. The average Bonchev–Trinajstić information content (AvgIpc) is 3.38. The number of aromatic nitrogens is 7. The zero-order valence-electron chi connectivity index (χ0n) is 17.2. The van der Waals surface area contributed by atoms with E-state index in [0.717, 1.165) is 5.56 Å². The zero-order chi connectivity index (χ0) is 22.2. The van der Waals surface area contributed by atoms with Crippen molar-refractivity contribution in [3.05, 3.63) is 78.4 Å². The van der Waals surface area contributed by atoms with Crippen LogP contribution >= 0.6 is 0 Å². The summed E-state index contributed by atoms with van der Waals surface area (Å²) in [5.74, 6) is -0.718. The molecule has 0 fully saturated rings. The molecule has 158 valence electrons. The van der Waals surface area contributed by atoms with Gasteiger partial charge in [-0.2, -0.15) is 5.10 Å². The van der Waals surface area contributed by atoms with Crippen LogP contribution in [0.3, 0.4) is 0 Å². The van der Waals surface area contributed by atoms with Crippen molar-refractivity contribution in [2.45, 2.75) is 6.92 Å². The maximum Gasteiger partial charge on any atom is 0.274 e. The molecule has 4 heterocycles.